The minimum absolute atomic E-state index is 0.161. The highest BCUT2D eigenvalue weighted by atomic mass is 16.7. The van der Waals surface area contributed by atoms with Gasteiger partial charge in [0.05, 0.1) is 21.6 Å². The van der Waals surface area contributed by atoms with Crippen LogP contribution in [0.3, 0.4) is 0 Å². The summed E-state index contributed by atoms with van der Waals surface area (Å²) >= 11 is 0. The van der Waals surface area contributed by atoms with E-state index in [4.69, 9.17) is 4.84 Å². The van der Waals surface area contributed by atoms with Gasteiger partial charge in [0.2, 0.25) is 5.75 Å². The molecule has 0 heterocycles. The molecule has 0 amide bonds. The van der Waals surface area contributed by atoms with Gasteiger partial charge in [-0.25, -0.2) is 0 Å². The number of benzene rings is 2. The van der Waals surface area contributed by atoms with Crippen LogP contribution in [0.15, 0.2) is 53.7 Å². The molecule has 112 valence electrons. The van der Waals surface area contributed by atoms with Crippen molar-refractivity contribution >= 4 is 17.1 Å². The number of hydrogen-bond acceptors (Lipinski definition) is 6. The minimum atomic E-state index is -0.754. The third-order valence-electron chi connectivity index (χ3n) is 2.82. The van der Waals surface area contributed by atoms with Crippen LogP contribution in [-0.2, 0) is 0 Å². The van der Waals surface area contributed by atoms with Crippen LogP contribution in [0.5, 0.6) is 5.75 Å². The lowest BCUT2D eigenvalue weighted by atomic mass is 10.1. The van der Waals surface area contributed by atoms with E-state index in [1.54, 1.807) is 6.92 Å². The molecular weight excluding hydrogens is 290 g/mol. The Morgan fingerprint density at radius 1 is 1.05 bits per heavy atom. The molecule has 0 N–H and O–H groups in total. The van der Waals surface area contributed by atoms with Crippen LogP contribution < -0.4 is 4.84 Å². The normalized spacial score (nSPS) is 11.0. The van der Waals surface area contributed by atoms with Crippen molar-refractivity contribution in [1.29, 1.82) is 0 Å². The summed E-state index contributed by atoms with van der Waals surface area (Å²) in [6.07, 6.45) is 0. The van der Waals surface area contributed by atoms with Gasteiger partial charge in [-0.15, -0.1) is 0 Å². The lowest BCUT2D eigenvalue weighted by molar-refractivity contribution is -0.394. The van der Waals surface area contributed by atoms with Gasteiger partial charge >= 0.3 is 5.69 Å². The number of nitrogens with zero attached hydrogens (tertiary/aromatic N) is 3. The molecule has 2 aromatic carbocycles. The first-order valence-electron chi connectivity index (χ1n) is 6.19. The number of nitro groups is 2. The van der Waals surface area contributed by atoms with Gasteiger partial charge in [0, 0.05) is 6.07 Å². The van der Waals surface area contributed by atoms with Crippen LogP contribution >= 0.6 is 0 Å². The Labute approximate surface area is 124 Å². The SMILES string of the molecule is C/C(=N\Oc1ccc([N+](=O)[O-])cc1[N+](=O)[O-])c1ccccc1. The van der Waals surface area contributed by atoms with Gasteiger partial charge < -0.3 is 4.84 Å². The molecule has 0 saturated heterocycles. The molecule has 2 rings (SSSR count). The molecule has 0 bridgehead atoms. The molecule has 22 heavy (non-hydrogen) atoms. The second-order valence-electron chi connectivity index (χ2n) is 4.30. The molecular formula is C14H11N3O5. The molecule has 0 spiro atoms. The fourth-order valence-electron chi connectivity index (χ4n) is 1.69. The van der Waals surface area contributed by atoms with Crippen LogP contribution in [0, 0.1) is 20.2 Å². The van der Waals surface area contributed by atoms with Crippen molar-refractivity contribution in [3.8, 4) is 5.75 Å². The largest absolute Gasteiger partial charge is 0.349 e. The lowest BCUT2D eigenvalue weighted by Crippen LogP contribution is -2.00. The van der Waals surface area contributed by atoms with Gasteiger partial charge in [-0.1, -0.05) is 35.5 Å². The Kier molecular flexibility index (Phi) is 4.42. The highest BCUT2D eigenvalue weighted by Crippen LogP contribution is 2.31. The molecule has 0 unspecified atom stereocenters. The van der Waals surface area contributed by atoms with Crippen LogP contribution in [0.2, 0.25) is 0 Å². The van der Waals surface area contributed by atoms with Crippen LogP contribution in [-0.4, -0.2) is 15.6 Å². The molecule has 0 aliphatic heterocycles. The summed E-state index contributed by atoms with van der Waals surface area (Å²) in [5, 5.41) is 25.4. The molecule has 0 aliphatic carbocycles. The van der Waals surface area contributed by atoms with Crippen molar-refractivity contribution in [1.82, 2.24) is 0 Å². The summed E-state index contributed by atoms with van der Waals surface area (Å²) in [6, 6.07) is 12.2. The highest BCUT2D eigenvalue weighted by molar-refractivity contribution is 5.98. The van der Waals surface area contributed by atoms with Gasteiger partial charge in [-0.2, -0.15) is 0 Å². The monoisotopic (exact) mass is 301 g/mol. The zero-order valence-electron chi connectivity index (χ0n) is 11.5. The van der Waals surface area contributed by atoms with E-state index in [-0.39, 0.29) is 11.4 Å². The Hall–Kier alpha value is -3.29. The van der Waals surface area contributed by atoms with E-state index in [1.807, 2.05) is 30.3 Å². The average molecular weight is 301 g/mol. The molecule has 0 saturated carbocycles. The molecule has 0 radical (unpaired) electrons. The van der Waals surface area contributed by atoms with E-state index >= 15 is 0 Å². The first kappa shape index (κ1) is 15.1. The van der Waals surface area contributed by atoms with E-state index in [1.165, 1.54) is 0 Å². The first-order valence-corrected chi connectivity index (χ1v) is 6.19. The maximum Gasteiger partial charge on any atom is 0.321 e. The number of oxime groups is 1. The van der Waals surface area contributed by atoms with Crippen molar-refractivity contribution in [2.75, 3.05) is 0 Å². The van der Waals surface area contributed by atoms with Crippen LogP contribution in [0.4, 0.5) is 11.4 Å². The number of nitro benzene ring substituents is 2. The van der Waals surface area contributed by atoms with E-state index in [0.717, 1.165) is 23.8 Å². The maximum atomic E-state index is 11.0. The van der Waals surface area contributed by atoms with Gasteiger partial charge in [0.25, 0.3) is 5.69 Å². The molecule has 0 fully saturated rings. The lowest BCUT2D eigenvalue weighted by Gasteiger charge is -2.03. The number of hydrogen-bond donors (Lipinski definition) is 0. The molecule has 0 aliphatic rings. The van der Waals surface area contributed by atoms with Crippen molar-refractivity contribution in [2.45, 2.75) is 6.92 Å². The second-order valence-corrected chi connectivity index (χ2v) is 4.30. The maximum absolute atomic E-state index is 11.0. The zero-order valence-corrected chi connectivity index (χ0v) is 11.5. The summed E-state index contributed by atoms with van der Waals surface area (Å²) in [5.41, 5.74) is 0.418. The van der Waals surface area contributed by atoms with Crippen molar-refractivity contribution in [2.24, 2.45) is 5.16 Å². The molecule has 0 aromatic heterocycles. The standard InChI is InChI=1S/C14H11N3O5/c1-10(11-5-3-2-4-6-11)15-22-14-8-7-12(16(18)19)9-13(14)17(20)21/h2-9H,1H3/b15-10+. The predicted octanol–water partition coefficient (Wildman–Crippen LogP) is 3.31. The summed E-state index contributed by atoms with van der Waals surface area (Å²) in [4.78, 5) is 25.2. The fourth-order valence-corrected chi connectivity index (χ4v) is 1.69. The quantitative estimate of drug-likeness (QED) is 0.478. The summed E-state index contributed by atoms with van der Waals surface area (Å²) < 4.78 is 0. The van der Waals surface area contributed by atoms with E-state index in [0.29, 0.717) is 5.71 Å². The summed E-state index contributed by atoms with van der Waals surface area (Å²) in [7, 11) is 0. The van der Waals surface area contributed by atoms with Gasteiger partial charge in [-0.3, -0.25) is 20.2 Å². The fraction of sp³-hybridized carbons (Fsp3) is 0.0714. The van der Waals surface area contributed by atoms with Crippen LogP contribution in [0.1, 0.15) is 12.5 Å². The predicted molar refractivity (Wildman–Crippen MR) is 79.0 cm³/mol. The second kappa shape index (κ2) is 6.44. The minimum Gasteiger partial charge on any atom is -0.349 e. The van der Waals surface area contributed by atoms with E-state index in [2.05, 4.69) is 5.16 Å². The number of non-ortho nitro benzene ring substituents is 1. The smallest absolute Gasteiger partial charge is 0.321 e. The van der Waals surface area contributed by atoms with Gasteiger partial charge in [0.15, 0.2) is 0 Å². The third kappa shape index (κ3) is 3.42. The zero-order chi connectivity index (χ0) is 16.1. The number of rotatable bonds is 5. The van der Waals surface area contributed by atoms with Gasteiger partial charge in [0.1, 0.15) is 0 Å². The van der Waals surface area contributed by atoms with Crippen molar-refractivity contribution in [3.63, 3.8) is 0 Å². The Morgan fingerprint density at radius 3 is 2.32 bits per heavy atom. The van der Waals surface area contributed by atoms with Crippen molar-refractivity contribution < 1.29 is 14.7 Å². The first-order chi connectivity index (χ1) is 10.5. The molecule has 0 atom stereocenters. The van der Waals surface area contributed by atoms with Crippen LogP contribution in [0.25, 0.3) is 0 Å². The topological polar surface area (TPSA) is 108 Å². The highest BCUT2D eigenvalue weighted by Gasteiger charge is 2.21. The summed E-state index contributed by atoms with van der Waals surface area (Å²) in [6.45, 7) is 1.69. The van der Waals surface area contributed by atoms with E-state index in [9.17, 15) is 20.2 Å². The molecule has 8 nitrogen and oxygen atoms in total. The molecule has 2 aromatic rings. The van der Waals surface area contributed by atoms with Crippen molar-refractivity contribution in [3.05, 3.63) is 74.3 Å². The average Bonchev–Trinajstić information content (AvgIpc) is 2.53. The Balaban J connectivity index is 2.30. The van der Waals surface area contributed by atoms with E-state index < -0.39 is 15.5 Å². The molecule has 8 heteroatoms. The van der Waals surface area contributed by atoms with Gasteiger partial charge in [-0.05, 0) is 18.6 Å². The third-order valence-corrected chi connectivity index (χ3v) is 2.82. The summed E-state index contributed by atoms with van der Waals surface area (Å²) in [5.74, 6) is -0.161. The Bertz CT molecular complexity index is 743. The Morgan fingerprint density at radius 2 is 1.73 bits per heavy atom.